The van der Waals surface area contributed by atoms with Crippen molar-refractivity contribution >= 4 is 11.8 Å². The normalized spacial score (nSPS) is 11.6. The van der Waals surface area contributed by atoms with Crippen LogP contribution in [0.2, 0.25) is 0 Å². The highest BCUT2D eigenvalue weighted by molar-refractivity contribution is 7.99. The van der Waals surface area contributed by atoms with Crippen LogP contribution in [0.4, 0.5) is 13.2 Å². The van der Waals surface area contributed by atoms with Crippen LogP contribution in [0.3, 0.4) is 0 Å². The van der Waals surface area contributed by atoms with E-state index < -0.39 is 11.7 Å². The molecule has 1 aromatic heterocycles. The summed E-state index contributed by atoms with van der Waals surface area (Å²) >= 11 is 1.12. The van der Waals surface area contributed by atoms with E-state index in [1.807, 2.05) is 0 Å². The number of aromatic nitrogens is 2. The fraction of sp³-hybridized carbons (Fsp3) is 0.167. The molecular weight excluding hydrogens is 275 g/mol. The highest BCUT2D eigenvalue weighted by Gasteiger charge is 2.33. The van der Waals surface area contributed by atoms with E-state index in [2.05, 4.69) is 9.97 Å². The second-order valence-corrected chi connectivity index (χ2v) is 4.76. The molecule has 0 saturated carbocycles. The third-order valence-corrected chi connectivity index (χ3v) is 3.28. The van der Waals surface area contributed by atoms with Crippen molar-refractivity contribution < 1.29 is 13.2 Å². The summed E-state index contributed by atoms with van der Waals surface area (Å²) in [7, 11) is 0. The molecule has 2 aromatic rings. The predicted molar refractivity (Wildman–Crippen MR) is 65.5 cm³/mol. The van der Waals surface area contributed by atoms with E-state index >= 15 is 0 Å². The molecule has 0 aliphatic carbocycles. The van der Waals surface area contributed by atoms with E-state index in [0.29, 0.717) is 9.92 Å². The SMILES string of the molecule is NCc1ccc(Sc2cnccn2)cc1C(F)(F)F. The van der Waals surface area contributed by atoms with Crippen molar-refractivity contribution in [3.63, 3.8) is 0 Å². The molecule has 0 atom stereocenters. The molecule has 100 valence electrons. The molecule has 0 fully saturated rings. The zero-order chi connectivity index (χ0) is 13.9. The van der Waals surface area contributed by atoms with Crippen LogP contribution in [0.5, 0.6) is 0 Å². The van der Waals surface area contributed by atoms with Gasteiger partial charge in [-0.3, -0.25) is 4.98 Å². The van der Waals surface area contributed by atoms with Gasteiger partial charge in [-0.25, -0.2) is 4.98 Å². The van der Waals surface area contributed by atoms with Gasteiger partial charge in [-0.2, -0.15) is 13.2 Å². The predicted octanol–water partition coefficient (Wildman–Crippen LogP) is 3.11. The summed E-state index contributed by atoms with van der Waals surface area (Å²) < 4.78 is 38.6. The van der Waals surface area contributed by atoms with Gasteiger partial charge < -0.3 is 5.73 Å². The number of alkyl halides is 3. The number of rotatable bonds is 3. The molecule has 3 nitrogen and oxygen atoms in total. The van der Waals surface area contributed by atoms with Gasteiger partial charge in [0.05, 0.1) is 11.8 Å². The molecule has 0 amide bonds. The van der Waals surface area contributed by atoms with Crippen molar-refractivity contribution in [3.8, 4) is 0 Å². The van der Waals surface area contributed by atoms with Crippen LogP contribution in [0.25, 0.3) is 0 Å². The van der Waals surface area contributed by atoms with Crippen LogP contribution in [-0.2, 0) is 12.7 Å². The number of nitrogens with zero attached hydrogens (tertiary/aromatic N) is 2. The van der Waals surface area contributed by atoms with Gasteiger partial charge in [-0.05, 0) is 17.7 Å². The molecule has 0 aliphatic rings. The minimum absolute atomic E-state index is 0.0796. The largest absolute Gasteiger partial charge is 0.416 e. The number of halogens is 3. The van der Waals surface area contributed by atoms with E-state index in [-0.39, 0.29) is 12.1 Å². The van der Waals surface area contributed by atoms with Crippen molar-refractivity contribution in [2.75, 3.05) is 0 Å². The first-order chi connectivity index (χ1) is 9.00. The van der Waals surface area contributed by atoms with Gasteiger partial charge in [0, 0.05) is 23.8 Å². The fourth-order valence-corrected chi connectivity index (χ4v) is 2.30. The molecule has 0 aliphatic heterocycles. The first-order valence-corrected chi connectivity index (χ1v) is 6.16. The minimum Gasteiger partial charge on any atom is -0.326 e. The van der Waals surface area contributed by atoms with E-state index in [1.54, 1.807) is 6.07 Å². The topological polar surface area (TPSA) is 51.8 Å². The number of nitrogens with two attached hydrogens (primary N) is 1. The van der Waals surface area contributed by atoms with Crippen LogP contribution < -0.4 is 5.73 Å². The molecule has 2 N–H and O–H groups in total. The van der Waals surface area contributed by atoms with Crippen molar-refractivity contribution in [3.05, 3.63) is 47.9 Å². The highest BCUT2D eigenvalue weighted by Crippen LogP contribution is 2.35. The third kappa shape index (κ3) is 3.45. The maximum atomic E-state index is 12.9. The zero-order valence-electron chi connectivity index (χ0n) is 9.69. The second kappa shape index (κ2) is 5.58. The van der Waals surface area contributed by atoms with Gasteiger partial charge in [0.15, 0.2) is 0 Å². The molecule has 1 aromatic carbocycles. The Bertz CT molecular complexity index is 558. The Balaban J connectivity index is 2.33. The van der Waals surface area contributed by atoms with Crippen molar-refractivity contribution in [2.45, 2.75) is 22.6 Å². The summed E-state index contributed by atoms with van der Waals surface area (Å²) in [5, 5.41) is 0.538. The van der Waals surface area contributed by atoms with E-state index in [0.717, 1.165) is 17.8 Å². The molecule has 0 bridgehead atoms. The zero-order valence-corrected chi connectivity index (χ0v) is 10.5. The summed E-state index contributed by atoms with van der Waals surface area (Å²) in [4.78, 5) is 8.31. The Morgan fingerprint density at radius 3 is 2.58 bits per heavy atom. The average Bonchev–Trinajstić information content (AvgIpc) is 2.39. The molecule has 0 spiro atoms. The summed E-state index contributed by atoms with van der Waals surface area (Å²) in [6, 6.07) is 4.07. The van der Waals surface area contributed by atoms with Gasteiger partial charge in [-0.15, -0.1) is 0 Å². The molecule has 0 unspecified atom stereocenters. The quantitative estimate of drug-likeness (QED) is 0.941. The number of hydrogen-bond acceptors (Lipinski definition) is 4. The van der Waals surface area contributed by atoms with Crippen LogP contribution in [-0.4, -0.2) is 9.97 Å². The van der Waals surface area contributed by atoms with Gasteiger partial charge >= 0.3 is 6.18 Å². The molecule has 7 heteroatoms. The van der Waals surface area contributed by atoms with Gasteiger partial charge in [-0.1, -0.05) is 17.8 Å². The summed E-state index contributed by atoms with van der Waals surface area (Å²) in [5.74, 6) is 0. The van der Waals surface area contributed by atoms with E-state index in [9.17, 15) is 13.2 Å². The minimum atomic E-state index is -4.41. The molecule has 1 heterocycles. The van der Waals surface area contributed by atoms with Crippen molar-refractivity contribution in [1.29, 1.82) is 0 Å². The van der Waals surface area contributed by atoms with Gasteiger partial charge in [0.2, 0.25) is 0 Å². The number of hydrogen-bond donors (Lipinski definition) is 1. The molecule has 0 saturated heterocycles. The molecular formula is C12H10F3N3S. The third-order valence-electron chi connectivity index (χ3n) is 2.37. The fourth-order valence-electron chi connectivity index (χ4n) is 1.52. The lowest BCUT2D eigenvalue weighted by Crippen LogP contribution is -2.11. The highest BCUT2D eigenvalue weighted by atomic mass is 32.2. The maximum absolute atomic E-state index is 12.9. The lowest BCUT2D eigenvalue weighted by atomic mass is 10.1. The van der Waals surface area contributed by atoms with Crippen LogP contribution in [0.15, 0.2) is 46.7 Å². The molecule has 0 radical (unpaired) electrons. The van der Waals surface area contributed by atoms with Crippen molar-refractivity contribution in [2.24, 2.45) is 5.73 Å². The summed E-state index contributed by atoms with van der Waals surface area (Å²) in [6.45, 7) is -0.148. The number of benzene rings is 1. The molecule has 19 heavy (non-hydrogen) atoms. The first-order valence-electron chi connectivity index (χ1n) is 5.35. The lowest BCUT2D eigenvalue weighted by molar-refractivity contribution is -0.138. The Labute approximate surface area is 112 Å². The Hall–Kier alpha value is -1.60. The van der Waals surface area contributed by atoms with Crippen LogP contribution in [0.1, 0.15) is 11.1 Å². The Morgan fingerprint density at radius 1 is 1.21 bits per heavy atom. The van der Waals surface area contributed by atoms with E-state index in [1.165, 1.54) is 24.7 Å². The Kier molecular flexibility index (Phi) is 4.06. The summed E-state index contributed by atoms with van der Waals surface area (Å²) in [6.07, 6.45) is 0.0758. The smallest absolute Gasteiger partial charge is 0.326 e. The van der Waals surface area contributed by atoms with Gasteiger partial charge in [0.1, 0.15) is 5.03 Å². The monoisotopic (exact) mass is 285 g/mol. The maximum Gasteiger partial charge on any atom is 0.416 e. The molecule has 2 rings (SSSR count). The van der Waals surface area contributed by atoms with Crippen LogP contribution >= 0.6 is 11.8 Å². The Morgan fingerprint density at radius 2 is 2.00 bits per heavy atom. The summed E-state index contributed by atoms with van der Waals surface area (Å²) in [5.41, 5.74) is 4.70. The average molecular weight is 285 g/mol. The van der Waals surface area contributed by atoms with E-state index in [4.69, 9.17) is 5.73 Å². The van der Waals surface area contributed by atoms with Gasteiger partial charge in [0.25, 0.3) is 0 Å². The van der Waals surface area contributed by atoms with Crippen molar-refractivity contribution in [1.82, 2.24) is 9.97 Å². The lowest BCUT2D eigenvalue weighted by Gasteiger charge is -2.13. The second-order valence-electron chi connectivity index (χ2n) is 3.67. The van der Waals surface area contributed by atoms with Crippen LogP contribution in [0, 0.1) is 0 Å². The first kappa shape index (κ1) is 13.8. The standard InChI is InChI=1S/C12H10F3N3S/c13-12(14,15)10-5-9(2-1-8(10)6-16)19-11-7-17-3-4-18-11/h1-5,7H,6,16H2.